The Balaban J connectivity index is 1.74. The quantitative estimate of drug-likeness (QED) is 0.261. The molecule has 0 aliphatic carbocycles. The molecule has 0 radical (unpaired) electrons. The molecule has 35 heavy (non-hydrogen) atoms. The van der Waals surface area contributed by atoms with Crippen molar-refractivity contribution in [3.8, 4) is 27.9 Å². The Kier molecular flexibility index (Phi) is 5.63. The summed E-state index contributed by atoms with van der Waals surface area (Å²) in [6.45, 7) is 13.6. The molecular formula is C33H35N2+. The Hall–Kier alpha value is -3.65. The first-order chi connectivity index (χ1) is 16.6. The molecule has 1 heterocycles. The van der Waals surface area contributed by atoms with Gasteiger partial charge in [0.25, 0.3) is 0 Å². The lowest BCUT2D eigenvalue weighted by Gasteiger charge is -2.20. The second kappa shape index (κ2) is 8.53. The van der Waals surface area contributed by atoms with Crippen molar-refractivity contribution in [2.45, 2.75) is 52.4 Å². The van der Waals surface area contributed by atoms with Crippen molar-refractivity contribution in [2.75, 3.05) is 0 Å². The number of rotatable bonds is 3. The molecule has 0 saturated carbocycles. The van der Waals surface area contributed by atoms with Crippen molar-refractivity contribution < 1.29 is 4.57 Å². The second-order valence-electron chi connectivity index (χ2n) is 11.5. The minimum atomic E-state index is 0.129. The van der Waals surface area contributed by atoms with Gasteiger partial charge in [-0.3, -0.25) is 0 Å². The maximum atomic E-state index is 3.47. The zero-order chi connectivity index (χ0) is 24.8. The number of nitrogens with zero attached hydrogens (tertiary/aromatic N) is 1. The molecule has 5 aromatic rings. The van der Waals surface area contributed by atoms with Gasteiger partial charge in [-0.15, -0.1) is 0 Å². The van der Waals surface area contributed by atoms with E-state index in [1.165, 1.54) is 44.6 Å². The van der Waals surface area contributed by atoms with Gasteiger partial charge >= 0.3 is 0 Å². The van der Waals surface area contributed by atoms with E-state index in [2.05, 4.69) is 148 Å². The molecule has 4 aromatic carbocycles. The fourth-order valence-electron chi connectivity index (χ4n) is 4.76. The summed E-state index contributed by atoms with van der Waals surface area (Å²) >= 11 is 0. The van der Waals surface area contributed by atoms with Crippen LogP contribution in [0.2, 0.25) is 0 Å². The first-order valence-corrected chi connectivity index (χ1v) is 12.5. The average Bonchev–Trinajstić information content (AvgIpc) is 3.26. The van der Waals surface area contributed by atoms with Crippen LogP contribution < -0.4 is 4.57 Å². The highest BCUT2D eigenvalue weighted by Gasteiger charge is 2.22. The summed E-state index contributed by atoms with van der Waals surface area (Å²) < 4.78 is 2.30. The van der Waals surface area contributed by atoms with Gasteiger partial charge in [0, 0.05) is 11.1 Å². The maximum Gasteiger partial charge on any atom is 0.247 e. The average molecular weight is 460 g/mol. The summed E-state index contributed by atoms with van der Waals surface area (Å²) in [5, 5.41) is 0. The molecule has 0 aliphatic heterocycles. The Bertz CT molecular complexity index is 1400. The Morgan fingerprint density at radius 3 is 1.51 bits per heavy atom. The van der Waals surface area contributed by atoms with Gasteiger partial charge in [0.15, 0.2) is 11.0 Å². The Labute approximate surface area is 209 Å². The number of hydrogen-bond acceptors (Lipinski definition) is 0. The van der Waals surface area contributed by atoms with Crippen LogP contribution in [0.4, 0.5) is 0 Å². The largest absolute Gasteiger partial charge is 0.247 e. The van der Waals surface area contributed by atoms with Crippen LogP contribution >= 0.6 is 0 Å². The first kappa shape index (κ1) is 23.1. The normalized spacial score (nSPS) is 12.3. The molecule has 0 unspecified atom stereocenters. The number of hydrogen-bond donors (Lipinski definition) is 1. The van der Waals surface area contributed by atoms with Gasteiger partial charge in [0.05, 0.1) is 0 Å². The van der Waals surface area contributed by atoms with Crippen LogP contribution in [-0.2, 0) is 10.8 Å². The molecule has 0 saturated heterocycles. The predicted molar refractivity (Wildman–Crippen MR) is 148 cm³/mol. The third kappa shape index (κ3) is 4.41. The van der Waals surface area contributed by atoms with Gasteiger partial charge in [-0.05, 0) is 45.2 Å². The molecule has 1 N–H and O–H groups in total. The highest BCUT2D eigenvalue weighted by molar-refractivity contribution is 5.84. The van der Waals surface area contributed by atoms with Crippen molar-refractivity contribution >= 4 is 11.0 Å². The van der Waals surface area contributed by atoms with E-state index in [0.29, 0.717) is 0 Å². The van der Waals surface area contributed by atoms with Crippen molar-refractivity contribution in [1.82, 2.24) is 4.98 Å². The summed E-state index contributed by atoms with van der Waals surface area (Å²) in [7, 11) is 0. The van der Waals surface area contributed by atoms with Gasteiger partial charge in [-0.1, -0.05) is 120 Å². The van der Waals surface area contributed by atoms with E-state index >= 15 is 0 Å². The van der Waals surface area contributed by atoms with Gasteiger partial charge in [0.1, 0.15) is 5.69 Å². The van der Waals surface area contributed by atoms with Crippen LogP contribution in [0, 0.1) is 0 Å². The summed E-state index contributed by atoms with van der Waals surface area (Å²) in [6, 6.07) is 33.3. The number of para-hydroxylation sites is 3. The van der Waals surface area contributed by atoms with Gasteiger partial charge < -0.3 is 0 Å². The molecule has 5 rings (SSSR count). The number of nitrogens with one attached hydrogen (secondary N) is 1. The maximum absolute atomic E-state index is 3.47. The van der Waals surface area contributed by atoms with Crippen LogP contribution in [0.5, 0.6) is 0 Å². The van der Waals surface area contributed by atoms with Crippen molar-refractivity contribution in [2.24, 2.45) is 0 Å². The van der Waals surface area contributed by atoms with Crippen LogP contribution in [0.25, 0.3) is 39.0 Å². The van der Waals surface area contributed by atoms with E-state index < -0.39 is 0 Å². The minimum absolute atomic E-state index is 0.129. The summed E-state index contributed by atoms with van der Waals surface area (Å²) in [5.74, 6) is 0. The fraction of sp³-hybridized carbons (Fsp3) is 0.242. The molecular weight excluding hydrogens is 424 g/mol. The molecule has 2 nitrogen and oxygen atoms in total. The Morgan fingerprint density at radius 2 is 1.03 bits per heavy atom. The highest BCUT2D eigenvalue weighted by Crippen LogP contribution is 2.35. The molecule has 176 valence electrons. The van der Waals surface area contributed by atoms with Crippen molar-refractivity contribution in [3.63, 3.8) is 0 Å². The molecule has 1 aromatic heterocycles. The molecule has 2 heteroatoms. The minimum Gasteiger partial charge on any atom is -0.243 e. The monoisotopic (exact) mass is 459 g/mol. The number of H-pyrrole nitrogens is 1. The summed E-state index contributed by atoms with van der Waals surface area (Å²) in [4.78, 5) is 3.47. The second-order valence-corrected chi connectivity index (χ2v) is 11.5. The molecule has 0 aliphatic rings. The molecule has 0 amide bonds. The van der Waals surface area contributed by atoms with E-state index in [-0.39, 0.29) is 10.8 Å². The number of aromatic nitrogens is 2. The first-order valence-electron chi connectivity index (χ1n) is 12.5. The number of aromatic amines is 1. The lowest BCUT2D eigenvalue weighted by atomic mass is 9.85. The molecule has 0 spiro atoms. The standard InChI is InChI=1S/C33H34N2/c1-32(2,3)25-18-14-23(15-19-25)27-10-9-11-28(24-16-20-26(21-17-24)33(4,5)6)31(27)35-22-34-29-12-7-8-13-30(29)35/h7-22H,1-6H3/p+1. The zero-order valence-corrected chi connectivity index (χ0v) is 21.7. The van der Waals surface area contributed by atoms with Crippen molar-refractivity contribution in [1.29, 1.82) is 0 Å². The fourth-order valence-corrected chi connectivity index (χ4v) is 4.76. The van der Waals surface area contributed by atoms with E-state index in [1.807, 2.05) is 0 Å². The van der Waals surface area contributed by atoms with Crippen LogP contribution in [0.1, 0.15) is 52.7 Å². The van der Waals surface area contributed by atoms with Crippen LogP contribution in [0.15, 0.2) is 97.3 Å². The molecule has 0 bridgehead atoms. The van der Waals surface area contributed by atoms with Crippen LogP contribution in [-0.4, -0.2) is 4.98 Å². The van der Waals surface area contributed by atoms with E-state index in [0.717, 1.165) is 5.52 Å². The Morgan fingerprint density at radius 1 is 0.543 bits per heavy atom. The number of fused-ring (bicyclic) bond motifs is 1. The number of benzene rings is 4. The SMILES string of the molecule is CC(C)(C)c1ccc(-c2cccc(-c3ccc(C(C)(C)C)cc3)c2-[n+]2c[nH]c3ccccc32)cc1. The third-order valence-electron chi connectivity index (χ3n) is 6.91. The van der Waals surface area contributed by atoms with Gasteiger partial charge in [0.2, 0.25) is 6.33 Å². The molecule has 0 atom stereocenters. The predicted octanol–water partition coefficient (Wildman–Crippen LogP) is 8.37. The lowest BCUT2D eigenvalue weighted by molar-refractivity contribution is -0.565. The summed E-state index contributed by atoms with van der Waals surface area (Å²) in [6.07, 6.45) is 2.08. The smallest absolute Gasteiger partial charge is 0.243 e. The van der Waals surface area contributed by atoms with E-state index in [4.69, 9.17) is 0 Å². The topological polar surface area (TPSA) is 19.7 Å². The zero-order valence-electron chi connectivity index (χ0n) is 21.7. The third-order valence-corrected chi connectivity index (χ3v) is 6.91. The van der Waals surface area contributed by atoms with Crippen LogP contribution in [0.3, 0.4) is 0 Å². The van der Waals surface area contributed by atoms with E-state index in [9.17, 15) is 0 Å². The van der Waals surface area contributed by atoms with Gasteiger partial charge in [-0.25, -0.2) is 4.98 Å². The number of imidazole rings is 1. The van der Waals surface area contributed by atoms with E-state index in [1.54, 1.807) is 0 Å². The highest BCUT2D eigenvalue weighted by atomic mass is 15.1. The van der Waals surface area contributed by atoms with Crippen molar-refractivity contribution in [3.05, 3.63) is 108 Å². The van der Waals surface area contributed by atoms with Gasteiger partial charge in [-0.2, -0.15) is 4.57 Å². The molecule has 0 fully saturated rings. The lowest BCUT2D eigenvalue weighted by Crippen LogP contribution is -2.30. The summed E-state index contributed by atoms with van der Waals surface area (Å²) in [5.41, 5.74) is 11.3.